The number of fused-ring (bicyclic) bond motifs is 1. The highest BCUT2D eigenvalue weighted by molar-refractivity contribution is 5.90. The molecule has 116 valence electrons. The summed E-state index contributed by atoms with van der Waals surface area (Å²) in [5.41, 5.74) is 2.03. The molecule has 1 saturated heterocycles. The van der Waals surface area contributed by atoms with Crippen LogP contribution in [0, 0.1) is 0 Å². The first-order chi connectivity index (χ1) is 10.6. The zero-order valence-corrected chi connectivity index (χ0v) is 12.1. The zero-order chi connectivity index (χ0) is 15.7. The van der Waals surface area contributed by atoms with Crippen LogP contribution in [0.3, 0.4) is 0 Å². The van der Waals surface area contributed by atoms with Crippen LogP contribution in [-0.2, 0) is 27.2 Å². The molecule has 0 saturated carbocycles. The molecule has 2 aromatic rings. The van der Waals surface area contributed by atoms with E-state index in [2.05, 4.69) is 9.72 Å². The lowest BCUT2D eigenvalue weighted by Crippen LogP contribution is -2.32. The molecule has 7 nitrogen and oxygen atoms in total. The van der Waals surface area contributed by atoms with Crippen LogP contribution in [0.15, 0.2) is 18.2 Å². The van der Waals surface area contributed by atoms with E-state index in [1.165, 1.54) is 7.11 Å². The Morgan fingerprint density at radius 3 is 2.86 bits per heavy atom. The van der Waals surface area contributed by atoms with E-state index in [1.807, 2.05) is 0 Å². The number of benzene rings is 1. The van der Waals surface area contributed by atoms with E-state index >= 15 is 0 Å². The Morgan fingerprint density at radius 2 is 2.27 bits per heavy atom. The topological polar surface area (TPSA) is 90.6 Å². The van der Waals surface area contributed by atoms with Gasteiger partial charge in [0, 0.05) is 6.61 Å². The van der Waals surface area contributed by atoms with Gasteiger partial charge in [-0.15, -0.1) is 0 Å². The quantitative estimate of drug-likeness (QED) is 0.836. The highest BCUT2D eigenvalue weighted by atomic mass is 16.5. The summed E-state index contributed by atoms with van der Waals surface area (Å²) in [6.45, 7) is 1.15. The summed E-state index contributed by atoms with van der Waals surface area (Å²) in [6.07, 6.45) is 1.06. The Morgan fingerprint density at radius 1 is 1.50 bits per heavy atom. The minimum absolute atomic E-state index is 0.0132. The van der Waals surface area contributed by atoms with Crippen molar-refractivity contribution in [2.24, 2.45) is 0 Å². The molecular formula is C15H16N2O5. The van der Waals surface area contributed by atoms with Crippen molar-refractivity contribution in [3.8, 4) is 0 Å². The highest BCUT2D eigenvalue weighted by Gasteiger charge is 2.24. The fourth-order valence-corrected chi connectivity index (χ4v) is 2.50. The first-order valence-electron chi connectivity index (χ1n) is 6.99. The Hall–Kier alpha value is -2.41. The number of hydrogen-bond acceptors (Lipinski definition) is 5. The lowest BCUT2D eigenvalue weighted by molar-refractivity contribution is -0.139. The van der Waals surface area contributed by atoms with E-state index in [-0.39, 0.29) is 24.3 Å². The fourth-order valence-electron chi connectivity index (χ4n) is 2.50. The van der Waals surface area contributed by atoms with E-state index in [1.54, 1.807) is 22.8 Å². The summed E-state index contributed by atoms with van der Waals surface area (Å²) in [5, 5.41) is 9.32. The second kappa shape index (κ2) is 5.76. The number of aromatic carboxylic acids is 1. The van der Waals surface area contributed by atoms with Gasteiger partial charge in [0.05, 0.1) is 37.2 Å². The lowest BCUT2D eigenvalue weighted by atomic mass is 10.1. The van der Waals surface area contributed by atoms with Gasteiger partial charge >= 0.3 is 11.9 Å². The maximum absolute atomic E-state index is 11.4. The molecule has 1 aliphatic heterocycles. The van der Waals surface area contributed by atoms with Gasteiger partial charge < -0.3 is 19.1 Å². The van der Waals surface area contributed by atoms with Crippen LogP contribution in [0.25, 0.3) is 11.0 Å². The van der Waals surface area contributed by atoms with Crippen LogP contribution in [0.2, 0.25) is 0 Å². The number of ether oxygens (including phenoxy) is 2. The van der Waals surface area contributed by atoms with Crippen LogP contribution in [0.5, 0.6) is 0 Å². The molecule has 1 aromatic heterocycles. The van der Waals surface area contributed by atoms with Gasteiger partial charge in [-0.2, -0.15) is 0 Å². The number of imidazole rings is 1. The van der Waals surface area contributed by atoms with Gasteiger partial charge in [0.2, 0.25) is 5.82 Å². The number of methoxy groups -OCH3 is 1. The molecule has 1 fully saturated rings. The van der Waals surface area contributed by atoms with E-state index in [9.17, 15) is 14.7 Å². The Balaban J connectivity index is 2.02. The van der Waals surface area contributed by atoms with Crippen LogP contribution in [-0.4, -0.2) is 46.4 Å². The van der Waals surface area contributed by atoms with Crippen molar-refractivity contribution < 1.29 is 24.2 Å². The summed E-state index contributed by atoms with van der Waals surface area (Å²) in [7, 11) is 1.33. The van der Waals surface area contributed by atoms with Crippen molar-refractivity contribution in [2.45, 2.75) is 25.5 Å². The maximum atomic E-state index is 11.4. The Bertz CT molecular complexity index is 733. The molecule has 0 spiro atoms. The van der Waals surface area contributed by atoms with E-state index in [0.29, 0.717) is 24.2 Å². The SMILES string of the molecule is COC(=O)Cc1ccc2nc(C(=O)O)n(C[C@@H]3CCO3)c2c1. The monoisotopic (exact) mass is 304 g/mol. The number of esters is 1. The van der Waals surface area contributed by atoms with Crippen molar-refractivity contribution >= 4 is 23.0 Å². The van der Waals surface area contributed by atoms with Gasteiger partial charge in [0.25, 0.3) is 0 Å². The third kappa shape index (κ3) is 2.67. The molecule has 0 amide bonds. The van der Waals surface area contributed by atoms with Gasteiger partial charge in [-0.3, -0.25) is 4.79 Å². The van der Waals surface area contributed by atoms with Crippen molar-refractivity contribution in [3.05, 3.63) is 29.6 Å². The molecule has 22 heavy (non-hydrogen) atoms. The van der Waals surface area contributed by atoms with E-state index in [0.717, 1.165) is 12.0 Å². The molecule has 1 aromatic carbocycles. The minimum atomic E-state index is -1.08. The molecule has 0 bridgehead atoms. The average molecular weight is 304 g/mol. The Labute approximate surface area is 126 Å². The third-order valence-corrected chi connectivity index (χ3v) is 3.76. The number of hydrogen-bond donors (Lipinski definition) is 1. The number of carboxylic acid groups (broad SMARTS) is 1. The number of carboxylic acids is 1. The molecule has 7 heteroatoms. The lowest BCUT2D eigenvalue weighted by Gasteiger charge is -2.27. The van der Waals surface area contributed by atoms with Crippen molar-refractivity contribution in [1.82, 2.24) is 9.55 Å². The normalized spacial score (nSPS) is 17.2. The summed E-state index contributed by atoms with van der Waals surface area (Å²) < 4.78 is 11.7. The summed E-state index contributed by atoms with van der Waals surface area (Å²) in [6, 6.07) is 5.25. The molecule has 3 rings (SSSR count). The number of aromatic nitrogens is 2. The molecule has 0 unspecified atom stereocenters. The van der Waals surface area contributed by atoms with Crippen LogP contribution >= 0.6 is 0 Å². The largest absolute Gasteiger partial charge is 0.475 e. The third-order valence-electron chi connectivity index (χ3n) is 3.76. The molecule has 1 aliphatic rings. The predicted molar refractivity (Wildman–Crippen MR) is 76.8 cm³/mol. The first-order valence-corrected chi connectivity index (χ1v) is 6.99. The van der Waals surface area contributed by atoms with Crippen molar-refractivity contribution in [1.29, 1.82) is 0 Å². The fraction of sp³-hybridized carbons (Fsp3) is 0.400. The van der Waals surface area contributed by atoms with Crippen molar-refractivity contribution in [3.63, 3.8) is 0 Å². The standard InChI is InChI=1S/C15H16N2O5/c1-21-13(18)7-9-2-3-11-12(6-9)17(8-10-4-5-22-10)14(16-11)15(19)20/h2-3,6,10H,4-5,7-8H2,1H3,(H,19,20)/t10-/m0/s1. The van der Waals surface area contributed by atoms with Crippen LogP contribution in [0.4, 0.5) is 0 Å². The molecule has 0 radical (unpaired) electrons. The van der Waals surface area contributed by atoms with E-state index < -0.39 is 5.97 Å². The van der Waals surface area contributed by atoms with Gasteiger partial charge in [-0.05, 0) is 24.1 Å². The molecule has 0 aliphatic carbocycles. The average Bonchev–Trinajstić information content (AvgIpc) is 2.81. The number of rotatable bonds is 5. The van der Waals surface area contributed by atoms with E-state index in [4.69, 9.17) is 4.74 Å². The zero-order valence-electron chi connectivity index (χ0n) is 12.1. The number of nitrogens with zero attached hydrogens (tertiary/aromatic N) is 2. The minimum Gasteiger partial charge on any atom is -0.475 e. The van der Waals surface area contributed by atoms with Crippen molar-refractivity contribution in [2.75, 3.05) is 13.7 Å². The summed E-state index contributed by atoms with van der Waals surface area (Å²) >= 11 is 0. The van der Waals surface area contributed by atoms with Crippen LogP contribution < -0.4 is 0 Å². The van der Waals surface area contributed by atoms with Gasteiger partial charge in [-0.25, -0.2) is 9.78 Å². The molecule has 1 N–H and O–H groups in total. The molecule has 2 heterocycles. The highest BCUT2D eigenvalue weighted by Crippen LogP contribution is 2.22. The number of carbonyl (C=O) groups is 2. The van der Waals surface area contributed by atoms with Gasteiger partial charge in [-0.1, -0.05) is 6.07 Å². The maximum Gasteiger partial charge on any atom is 0.372 e. The van der Waals surface area contributed by atoms with Gasteiger partial charge in [0.1, 0.15) is 0 Å². The van der Waals surface area contributed by atoms with Gasteiger partial charge in [0.15, 0.2) is 0 Å². The first kappa shape index (κ1) is 14.5. The predicted octanol–water partition coefficient (Wildman–Crippen LogP) is 1.24. The van der Waals surface area contributed by atoms with Crippen LogP contribution in [0.1, 0.15) is 22.6 Å². The second-order valence-corrected chi connectivity index (χ2v) is 5.21. The molecule has 1 atom stereocenters. The summed E-state index contributed by atoms with van der Waals surface area (Å²) in [5.74, 6) is -1.43. The smallest absolute Gasteiger partial charge is 0.372 e. The molecular weight excluding hydrogens is 288 g/mol. The summed E-state index contributed by atoms with van der Waals surface area (Å²) in [4.78, 5) is 26.9. The second-order valence-electron chi connectivity index (χ2n) is 5.21. The number of carbonyl (C=O) groups excluding carboxylic acids is 1. The Kier molecular flexibility index (Phi) is 3.81.